The molecule has 1 atom stereocenters. The van der Waals surface area contributed by atoms with Gasteiger partial charge in [-0.05, 0) is 101 Å². The number of benzene rings is 4. The van der Waals surface area contributed by atoms with Gasteiger partial charge in [0.1, 0.15) is 18.1 Å². The van der Waals surface area contributed by atoms with E-state index in [0.717, 1.165) is 51.1 Å². The molecule has 0 spiro atoms. The molecule has 0 fully saturated rings. The zero-order valence-electron chi connectivity index (χ0n) is 22.6. The average Bonchev–Trinajstić information content (AvgIpc) is 3.00. The number of aliphatic hydroxyl groups excluding tert-OH is 1. The highest BCUT2D eigenvalue weighted by molar-refractivity contribution is 8.14. The highest BCUT2D eigenvalue weighted by Gasteiger charge is 2.11. The molecule has 212 valence electrons. The van der Waals surface area contributed by atoms with Crippen molar-refractivity contribution in [3.63, 3.8) is 0 Å². The molecule has 0 aliphatic carbocycles. The smallest absolute Gasteiger partial charge is 0.330 e. The molecule has 1 N–H and O–H groups in total. The molecule has 4 aromatic carbocycles. The second kappa shape index (κ2) is 15.0. The van der Waals surface area contributed by atoms with Crippen molar-refractivity contribution in [1.29, 1.82) is 0 Å². The maximum atomic E-state index is 12.9. The number of aliphatic hydroxyl groups is 1. The van der Waals surface area contributed by atoms with E-state index < -0.39 is 12.3 Å². The Morgan fingerprint density at radius 3 is 2.17 bits per heavy atom. The van der Waals surface area contributed by atoms with E-state index in [1.54, 1.807) is 24.3 Å². The lowest BCUT2D eigenvalue weighted by molar-refractivity contribution is -0.137. The highest BCUT2D eigenvalue weighted by atomic mass is 32.2. The number of ether oxygens (including phenoxy) is 4. The normalized spacial score (nSPS) is 11.6. The van der Waals surface area contributed by atoms with E-state index in [1.807, 2.05) is 42.5 Å². The van der Waals surface area contributed by atoms with Crippen LogP contribution in [0.5, 0.6) is 11.5 Å². The maximum absolute atomic E-state index is 12.9. The molecule has 0 bridgehead atoms. The Morgan fingerprint density at radius 1 is 0.780 bits per heavy atom. The van der Waals surface area contributed by atoms with Crippen LogP contribution in [0, 0.1) is 0 Å². The van der Waals surface area contributed by atoms with Gasteiger partial charge in [-0.15, -0.1) is 0 Å². The van der Waals surface area contributed by atoms with Crippen molar-refractivity contribution in [3.05, 3.63) is 104 Å². The van der Waals surface area contributed by atoms with Crippen LogP contribution < -0.4 is 9.47 Å². The Labute approximate surface area is 243 Å². The van der Waals surface area contributed by atoms with E-state index in [0.29, 0.717) is 24.5 Å². The third-order valence-electron chi connectivity index (χ3n) is 6.14. The zero-order valence-corrected chi connectivity index (χ0v) is 23.4. The number of unbranched alkanes of at least 4 members (excludes halogenated alkanes) is 1. The summed E-state index contributed by atoms with van der Waals surface area (Å²) in [5, 5.41) is 13.6. The van der Waals surface area contributed by atoms with Crippen LogP contribution in [0.25, 0.3) is 21.5 Å². The van der Waals surface area contributed by atoms with Crippen LogP contribution in [0.1, 0.15) is 23.2 Å². The van der Waals surface area contributed by atoms with Gasteiger partial charge in [-0.25, -0.2) is 4.79 Å². The number of hydrogen-bond acceptors (Lipinski definition) is 8. The van der Waals surface area contributed by atoms with Crippen molar-refractivity contribution in [2.75, 3.05) is 26.4 Å². The van der Waals surface area contributed by atoms with Crippen molar-refractivity contribution in [2.45, 2.75) is 24.0 Å². The van der Waals surface area contributed by atoms with Gasteiger partial charge in [0.2, 0.25) is 5.12 Å². The van der Waals surface area contributed by atoms with E-state index >= 15 is 0 Å². The molecule has 7 nitrogen and oxygen atoms in total. The number of fused-ring (bicyclic) bond motifs is 3. The summed E-state index contributed by atoms with van der Waals surface area (Å²) in [6.07, 6.45) is 2.93. The second-order valence-corrected chi connectivity index (χ2v) is 10.1. The maximum Gasteiger partial charge on any atom is 0.330 e. The minimum absolute atomic E-state index is 0.0604. The Kier molecular flexibility index (Phi) is 11.0. The van der Waals surface area contributed by atoms with E-state index in [4.69, 9.17) is 18.9 Å². The summed E-state index contributed by atoms with van der Waals surface area (Å²) >= 11 is 1.18. The van der Waals surface area contributed by atoms with Gasteiger partial charge in [0.15, 0.2) is 6.29 Å². The average molecular weight is 573 g/mol. The predicted molar refractivity (Wildman–Crippen MR) is 162 cm³/mol. The van der Waals surface area contributed by atoms with Crippen LogP contribution >= 0.6 is 11.8 Å². The van der Waals surface area contributed by atoms with Gasteiger partial charge in [0, 0.05) is 16.5 Å². The summed E-state index contributed by atoms with van der Waals surface area (Å²) in [7, 11) is 0. The zero-order chi connectivity index (χ0) is 29.0. The highest BCUT2D eigenvalue weighted by Crippen LogP contribution is 2.32. The van der Waals surface area contributed by atoms with Gasteiger partial charge in [0.05, 0.1) is 19.8 Å². The minimum atomic E-state index is -1.01. The lowest BCUT2D eigenvalue weighted by Gasteiger charge is -2.10. The molecule has 0 saturated heterocycles. The van der Waals surface area contributed by atoms with Crippen molar-refractivity contribution < 1.29 is 33.6 Å². The van der Waals surface area contributed by atoms with Gasteiger partial charge in [-0.3, -0.25) is 4.79 Å². The predicted octanol–water partition coefficient (Wildman–Crippen LogP) is 6.71. The summed E-state index contributed by atoms with van der Waals surface area (Å²) in [4.78, 5) is 24.8. The first-order valence-electron chi connectivity index (χ1n) is 13.2. The Balaban J connectivity index is 1.32. The van der Waals surface area contributed by atoms with Gasteiger partial charge < -0.3 is 24.1 Å². The number of thioether (sulfide) groups is 1. The molecule has 0 aliphatic heterocycles. The molecule has 41 heavy (non-hydrogen) atoms. The number of hydrogen-bond donors (Lipinski definition) is 1. The number of rotatable bonds is 15. The standard InChI is InChI=1S/C33H32O7S/c1-3-31(34)39-18-6-5-17-37-27-13-15-29-24(21-27)7-8-25-22-28(14-16-30(25)29)41-33(36)23-9-11-26(12-10-23)38-19-20-40-32(35)4-2/h3-4,7-16,21-22,32,35H,1-2,5-6,17-20H2. The summed E-state index contributed by atoms with van der Waals surface area (Å²) in [5.74, 6) is 0.988. The summed E-state index contributed by atoms with van der Waals surface area (Å²) < 4.78 is 21.5. The first-order chi connectivity index (χ1) is 20.0. The minimum Gasteiger partial charge on any atom is -0.494 e. The van der Waals surface area contributed by atoms with Gasteiger partial charge >= 0.3 is 5.97 Å². The lowest BCUT2D eigenvalue weighted by atomic mass is 10.0. The molecule has 4 rings (SSSR count). The third kappa shape index (κ3) is 8.69. The first kappa shape index (κ1) is 29.9. The summed E-state index contributed by atoms with van der Waals surface area (Å²) in [5.41, 5.74) is 0.574. The number of carbonyl (C=O) groups is 2. The van der Waals surface area contributed by atoms with Crippen LogP contribution in [0.3, 0.4) is 0 Å². The second-order valence-electron chi connectivity index (χ2n) is 9.02. The van der Waals surface area contributed by atoms with Crippen molar-refractivity contribution in [1.82, 2.24) is 0 Å². The number of esters is 1. The van der Waals surface area contributed by atoms with Crippen LogP contribution in [0.4, 0.5) is 0 Å². The third-order valence-corrected chi connectivity index (χ3v) is 7.05. The molecule has 4 aromatic rings. The van der Waals surface area contributed by atoms with E-state index in [9.17, 15) is 14.7 Å². The topological polar surface area (TPSA) is 91.3 Å². The first-order valence-corrected chi connectivity index (χ1v) is 14.0. The van der Waals surface area contributed by atoms with E-state index in [1.165, 1.54) is 17.8 Å². The monoisotopic (exact) mass is 572 g/mol. The van der Waals surface area contributed by atoms with Crippen LogP contribution in [0.15, 0.2) is 103 Å². The van der Waals surface area contributed by atoms with Crippen LogP contribution in [-0.2, 0) is 14.3 Å². The Morgan fingerprint density at radius 2 is 1.44 bits per heavy atom. The Bertz CT molecular complexity index is 1510. The van der Waals surface area contributed by atoms with Gasteiger partial charge in [-0.2, -0.15) is 0 Å². The fourth-order valence-corrected chi connectivity index (χ4v) is 4.85. The van der Waals surface area contributed by atoms with Crippen LogP contribution in [-0.4, -0.2) is 48.9 Å². The van der Waals surface area contributed by atoms with Crippen molar-refractivity contribution >= 4 is 44.4 Å². The van der Waals surface area contributed by atoms with Gasteiger partial charge in [0.25, 0.3) is 0 Å². The number of carbonyl (C=O) groups excluding carboxylic acids is 2. The quantitative estimate of drug-likeness (QED) is 0.0320. The molecule has 0 amide bonds. The molecule has 0 aromatic heterocycles. The van der Waals surface area contributed by atoms with Crippen LogP contribution in [0.2, 0.25) is 0 Å². The fraction of sp³-hybridized carbons (Fsp3) is 0.212. The van der Waals surface area contributed by atoms with Gasteiger partial charge in [-0.1, -0.05) is 37.4 Å². The largest absolute Gasteiger partial charge is 0.494 e. The molecular formula is C33H32O7S. The molecule has 1 unspecified atom stereocenters. The van der Waals surface area contributed by atoms with E-state index in [2.05, 4.69) is 19.2 Å². The van der Waals surface area contributed by atoms with E-state index in [-0.39, 0.29) is 18.3 Å². The summed E-state index contributed by atoms with van der Waals surface area (Å²) in [6.45, 7) is 8.18. The fourth-order valence-electron chi connectivity index (χ4n) is 4.06. The molecule has 8 heteroatoms. The summed E-state index contributed by atoms with van der Waals surface area (Å²) in [6, 6.07) is 23.1. The Hall–Kier alpha value is -4.11. The van der Waals surface area contributed by atoms with Crippen molar-refractivity contribution in [2.24, 2.45) is 0 Å². The molecule has 0 radical (unpaired) electrons. The molecule has 0 heterocycles. The molecule has 0 aliphatic rings. The molecule has 0 saturated carbocycles. The molecular weight excluding hydrogens is 540 g/mol. The SMILES string of the molecule is C=CC(=O)OCCCCOc1ccc2c(ccc3cc(SC(=O)c4ccc(OCCOC(O)C=C)cc4)ccc32)c1. The lowest BCUT2D eigenvalue weighted by Crippen LogP contribution is -2.14. The van der Waals surface area contributed by atoms with Crippen molar-refractivity contribution in [3.8, 4) is 11.5 Å².